The van der Waals surface area contributed by atoms with Gasteiger partial charge in [0.2, 0.25) is 0 Å². The highest BCUT2D eigenvalue weighted by Gasteiger charge is 2.20. The van der Waals surface area contributed by atoms with Gasteiger partial charge in [0, 0.05) is 19.8 Å². The van der Waals surface area contributed by atoms with Crippen molar-refractivity contribution in [2.45, 2.75) is 26.7 Å². The van der Waals surface area contributed by atoms with E-state index < -0.39 is 5.97 Å². The number of para-hydroxylation sites is 1. The standard InChI is InChI=1S/C24H24N4O4/c1-16-21(25-17(2)32-16)12-13-31-20-11-7-8-18(14-20)15-22-23(24(29)30-3)27-28(26-22)19-9-5-4-6-10-19/h4-11,14H,12-13,15H2,1-3H3. The number of carbonyl (C=O) groups excluding carboxylic acids is 1. The highest BCUT2D eigenvalue weighted by molar-refractivity contribution is 5.88. The van der Waals surface area contributed by atoms with Gasteiger partial charge in [0.25, 0.3) is 0 Å². The lowest BCUT2D eigenvalue weighted by Gasteiger charge is -2.07. The van der Waals surface area contributed by atoms with Crippen LogP contribution in [-0.2, 0) is 17.6 Å². The molecule has 0 fully saturated rings. The molecule has 0 N–H and O–H groups in total. The number of nitrogens with zero attached hydrogens (tertiary/aromatic N) is 4. The Balaban J connectivity index is 1.49. The van der Waals surface area contributed by atoms with Gasteiger partial charge in [0.1, 0.15) is 17.2 Å². The molecule has 0 saturated carbocycles. The molecule has 0 unspecified atom stereocenters. The zero-order valence-corrected chi connectivity index (χ0v) is 18.2. The summed E-state index contributed by atoms with van der Waals surface area (Å²) < 4.78 is 16.3. The molecule has 0 radical (unpaired) electrons. The molecule has 0 atom stereocenters. The number of methoxy groups -OCH3 is 1. The molecule has 2 aromatic carbocycles. The largest absolute Gasteiger partial charge is 0.493 e. The van der Waals surface area contributed by atoms with Gasteiger partial charge < -0.3 is 13.9 Å². The molecule has 0 aliphatic carbocycles. The van der Waals surface area contributed by atoms with E-state index in [0.29, 0.717) is 31.0 Å². The first kappa shape index (κ1) is 21.3. The molecule has 4 aromatic rings. The number of benzene rings is 2. The molecule has 0 spiro atoms. The van der Waals surface area contributed by atoms with Crippen molar-refractivity contribution in [1.82, 2.24) is 20.0 Å². The molecular weight excluding hydrogens is 408 g/mol. The van der Waals surface area contributed by atoms with Crippen LogP contribution in [0.15, 0.2) is 59.0 Å². The van der Waals surface area contributed by atoms with Gasteiger partial charge >= 0.3 is 5.97 Å². The fraction of sp³-hybridized carbons (Fsp3) is 0.250. The number of ether oxygens (including phenoxy) is 2. The number of hydrogen-bond donors (Lipinski definition) is 0. The maximum atomic E-state index is 12.3. The summed E-state index contributed by atoms with van der Waals surface area (Å²) in [5, 5.41) is 8.88. The van der Waals surface area contributed by atoms with Crippen LogP contribution in [0.1, 0.15) is 39.1 Å². The van der Waals surface area contributed by atoms with E-state index in [9.17, 15) is 4.79 Å². The molecule has 2 aromatic heterocycles. The predicted octanol–water partition coefficient (Wildman–Crippen LogP) is 3.87. The lowest BCUT2D eigenvalue weighted by Crippen LogP contribution is -2.07. The minimum Gasteiger partial charge on any atom is -0.493 e. The van der Waals surface area contributed by atoms with Gasteiger partial charge in [-0.1, -0.05) is 30.3 Å². The summed E-state index contributed by atoms with van der Waals surface area (Å²) in [6.07, 6.45) is 1.07. The van der Waals surface area contributed by atoms with Crippen molar-refractivity contribution in [2.24, 2.45) is 0 Å². The van der Waals surface area contributed by atoms with Crippen molar-refractivity contribution in [2.75, 3.05) is 13.7 Å². The third kappa shape index (κ3) is 4.85. The van der Waals surface area contributed by atoms with E-state index in [2.05, 4.69) is 15.2 Å². The SMILES string of the molecule is COC(=O)c1nn(-c2ccccc2)nc1Cc1cccc(OCCc2nc(C)oc2C)c1. The van der Waals surface area contributed by atoms with Crippen LogP contribution in [0.2, 0.25) is 0 Å². The fourth-order valence-electron chi connectivity index (χ4n) is 3.40. The van der Waals surface area contributed by atoms with Crippen molar-refractivity contribution >= 4 is 5.97 Å². The van der Waals surface area contributed by atoms with Gasteiger partial charge in [-0.25, -0.2) is 9.78 Å². The molecular formula is C24H24N4O4. The van der Waals surface area contributed by atoms with E-state index in [4.69, 9.17) is 13.9 Å². The smallest absolute Gasteiger partial charge is 0.360 e. The molecule has 0 aliphatic heterocycles. The van der Waals surface area contributed by atoms with Crippen molar-refractivity contribution in [3.63, 3.8) is 0 Å². The van der Waals surface area contributed by atoms with Crippen LogP contribution in [0.5, 0.6) is 5.75 Å². The first-order valence-corrected chi connectivity index (χ1v) is 10.3. The number of carbonyl (C=O) groups is 1. The molecule has 4 rings (SSSR count). The monoisotopic (exact) mass is 432 g/mol. The van der Waals surface area contributed by atoms with Crippen LogP contribution in [0.4, 0.5) is 0 Å². The Labute approximate surface area is 185 Å². The number of rotatable bonds is 8. The molecule has 2 heterocycles. The molecule has 0 amide bonds. The Morgan fingerprint density at radius 3 is 2.56 bits per heavy atom. The van der Waals surface area contributed by atoms with E-state index in [1.807, 2.05) is 68.4 Å². The van der Waals surface area contributed by atoms with Crippen LogP contribution in [0.3, 0.4) is 0 Å². The zero-order valence-electron chi connectivity index (χ0n) is 18.2. The topological polar surface area (TPSA) is 92.3 Å². The number of esters is 1. The normalized spacial score (nSPS) is 10.8. The van der Waals surface area contributed by atoms with Gasteiger partial charge in [-0.05, 0) is 36.8 Å². The van der Waals surface area contributed by atoms with Crippen molar-refractivity contribution < 1.29 is 18.7 Å². The Hall–Kier alpha value is -3.94. The van der Waals surface area contributed by atoms with E-state index in [1.54, 1.807) is 0 Å². The van der Waals surface area contributed by atoms with E-state index in [-0.39, 0.29) is 5.69 Å². The number of oxazole rings is 1. The van der Waals surface area contributed by atoms with Crippen molar-refractivity contribution in [3.8, 4) is 11.4 Å². The quantitative estimate of drug-likeness (QED) is 0.390. The summed E-state index contributed by atoms with van der Waals surface area (Å²) in [6, 6.07) is 17.1. The highest BCUT2D eigenvalue weighted by Crippen LogP contribution is 2.19. The third-order valence-corrected chi connectivity index (χ3v) is 4.93. The molecule has 0 bridgehead atoms. The van der Waals surface area contributed by atoms with Gasteiger partial charge in [-0.2, -0.15) is 9.90 Å². The first-order valence-electron chi connectivity index (χ1n) is 10.3. The summed E-state index contributed by atoms with van der Waals surface area (Å²) >= 11 is 0. The first-order chi connectivity index (χ1) is 15.5. The Morgan fingerprint density at radius 1 is 1.03 bits per heavy atom. The second-order valence-electron chi connectivity index (χ2n) is 7.27. The van der Waals surface area contributed by atoms with E-state index in [1.165, 1.54) is 11.9 Å². The van der Waals surface area contributed by atoms with E-state index >= 15 is 0 Å². The number of hydrogen-bond acceptors (Lipinski definition) is 7. The van der Waals surface area contributed by atoms with Crippen molar-refractivity contribution in [3.05, 3.63) is 88.9 Å². The predicted molar refractivity (Wildman–Crippen MR) is 117 cm³/mol. The minimum atomic E-state index is -0.520. The maximum absolute atomic E-state index is 12.3. The van der Waals surface area contributed by atoms with Crippen molar-refractivity contribution in [1.29, 1.82) is 0 Å². The number of aromatic nitrogens is 4. The third-order valence-electron chi connectivity index (χ3n) is 4.93. The average Bonchev–Trinajstić information content (AvgIpc) is 3.36. The Kier molecular flexibility index (Phi) is 6.30. The van der Waals surface area contributed by atoms with Crippen LogP contribution in [0.25, 0.3) is 5.69 Å². The van der Waals surface area contributed by atoms with Gasteiger partial charge in [-0.3, -0.25) is 0 Å². The lowest BCUT2D eigenvalue weighted by molar-refractivity contribution is 0.0592. The molecule has 0 saturated heterocycles. The Morgan fingerprint density at radius 2 is 1.84 bits per heavy atom. The average molecular weight is 432 g/mol. The lowest BCUT2D eigenvalue weighted by atomic mass is 10.1. The number of aryl methyl sites for hydroxylation is 2. The van der Waals surface area contributed by atoms with Crippen LogP contribution < -0.4 is 4.74 Å². The van der Waals surface area contributed by atoms with Gasteiger partial charge in [-0.15, -0.1) is 5.10 Å². The van der Waals surface area contributed by atoms with Crippen LogP contribution >= 0.6 is 0 Å². The van der Waals surface area contributed by atoms with Gasteiger partial charge in [0.05, 0.1) is 25.1 Å². The molecule has 8 nitrogen and oxygen atoms in total. The molecule has 0 aliphatic rings. The summed E-state index contributed by atoms with van der Waals surface area (Å²) in [5.74, 6) is 1.68. The highest BCUT2D eigenvalue weighted by atomic mass is 16.5. The maximum Gasteiger partial charge on any atom is 0.360 e. The van der Waals surface area contributed by atoms with Crippen LogP contribution in [0, 0.1) is 13.8 Å². The second-order valence-corrected chi connectivity index (χ2v) is 7.27. The zero-order chi connectivity index (χ0) is 22.5. The molecule has 8 heteroatoms. The van der Waals surface area contributed by atoms with Gasteiger partial charge in [0.15, 0.2) is 11.6 Å². The molecule has 32 heavy (non-hydrogen) atoms. The summed E-state index contributed by atoms with van der Waals surface area (Å²) in [6.45, 7) is 4.21. The van der Waals surface area contributed by atoms with Crippen LogP contribution in [-0.4, -0.2) is 39.7 Å². The van der Waals surface area contributed by atoms with E-state index in [0.717, 1.165) is 28.5 Å². The minimum absolute atomic E-state index is 0.194. The summed E-state index contributed by atoms with van der Waals surface area (Å²) in [4.78, 5) is 18.1. The fourth-order valence-corrected chi connectivity index (χ4v) is 3.40. The summed E-state index contributed by atoms with van der Waals surface area (Å²) in [7, 11) is 1.33. The molecule has 164 valence electrons. The second kappa shape index (κ2) is 9.47. The Bertz CT molecular complexity index is 1210. The summed E-state index contributed by atoms with van der Waals surface area (Å²) in [5.41, 5.74) is 3.34.